The van der Waals surface area contributed by atoms with Crippen molar-refractivity contribution in [2.24, 2.45) is 0 Å². The average Bonchev–Trinajstić information content (AvgIpc) is 2.91. The maximum Gasteiger partial charge on any atom is 0.254 e. The van der Waals surface area contributed by atoms with Gasteiger partial charge in [-0.25, -0.2) is 0 Å². The Bertz CT molecular complexity index is 699. The van der Waals surface area contributed by atoms with Crippen molar-refractivity contribution in [2.45, 2.75) is 20.4 Å². The molecule has 1 amide bonds. The molecule has 0 aliphatic rings. The number of methoxy groups -OCH3 is 1. The fourth-order valence-corrected chi connectivity index (χ4v) is 3.79. The highest BCUT2D eigenvalue weighted by molar-refractivity contribution is 9.10. The Morgan fingerprint density at radius 3 is 2.70 bits per heavy atom. The molecule has 6 heteroatoms. The minimum Gasteiger partial charge on any atom is -0.492 e. The molecule has 0 N–H and O–H groups in total. The van der Waals surface area contributed by atoms with Gasteiger partial charge in [0.25, 0.3) is 5.91 Å². The second-order valence-corrected chi connectivity index (χ2v) is 6.97. The Kier molecular flexibility index (Phi) is 6.07. The number of hydrogen-bond acceptors (Lipinski definition) is 4. The zero-order valence-electron chi connectivity index (χ0n) is 13.7. The van der Waals surface area contributed by atoms with E-state index in [0.29, 0.717) is 34.7 Å². The van der Waals surface area contributed by atoms with E-state index in [-0.39, 0.29) is 5.91 Å². The molecule has 0 radical (unpaired) electrons. The predicted octanol–water partition coefficient (Wildman–Crippen LogP) is 4.50. The lowest BCUT2D eigenvalue weighted by Gasteiger charge is -2.19. The van der Waals surface area contributed by atoms with Crippen molar-refractivity contribution in [3.05, 3.63) is 44.1 Å². The van der Waals surface area contributed by atoms with Crippen LogP contribution in [0, 0.1) is 6.92 Å². The van der Waals surface area contributed by atoms with Gasteiger partial charge in [-0.1, -0.05) is 0 Å². The van der Waals surface area contributed by atoms with Crippen molar-refractivity contribution in [3.8, 4) is 11.5 Å². The number of thiophene rings is 1. The van der Waals surface area contributed by atoms with Crippen LogP contribution in [0.1, 0.15) is 27.7 Å². The molecule has 1 heterocycles. The van der Waals surface area contributed by atoms with Crippen LogP contribution in [0.25, 0.3) is 0 Å². The average molecular weight is 398 g/mol. The smallest absolute Gasteiger partial charge is 0.254 e. The topological polar surface area (TPSA) is 38.8 Å². The first kappa shape index (κ1) is 17.8. The van der Waals surface area contributed by atoms with Gasteiger partial charge >= 0.3 is 0 Å². The van der Waals surface area contributed by atoms with E-state index in [4.69, 9.17) is 9.47 Å². The lowest BCUT2D eigenvalue weighted by molar-refractivity contribution is 0.0785. The van der Waals surface area contributed by atoms with E-state index < -0.39 is 0 Å². The number of amides is 1. The summed E-state index contributed by atoms with van der Waals surface area (Å²) in [5.74, 6) is 1.11. The van der Waals surface area contributed by atoms with E-state index in [1.54, 1.807) is 42.5 Å². The Morgan fingerprint density at radius 2 is 2.13 bits per heavy atom. The number of aryl methyl sites for hydroxylation is 1. The first-order valence-corrected chi connectivity index (χ1v) is 8.94. The molecule has 4 nitrogen and oxygen atoms in total. The summed E-state index contributed by atoms with van der Waals surface area (Å²) in [6.45, 7) is 5.05. The first-order valence-electron chi connectivity index (χ1n) is 7.26. The molecule has 2 aromatic rings. The second kappa shape index (κ2) is 7.84. The van der Waals surface area contributed by atoms with Crippen molar-refractivity contribution >= 4 is 33.2 Å². The molecule has 23 heavy (non-hydrogen) atoms. The lowest BCUT2D eigenvalue weighted by atomic mass is 10.1. The van der Waals surface area contributed by atoms with Gasteiger partial charge in [0.05, 0.1) is 24.7 Å². The lowest BCUT2D eigenvalue weighted by Crippen LogP contribution is -2.26. The van der Waals surface area contributed by atoms with Gasteiger partial charge in [-0.3, -0.25) is 4.79 Å². The Morgan fingerprint density at radius 1 is 1.39 bits per heavy atom. The number of hydrogen-bond donors (Lipinski definition) is 0. The minimum atomic E-state index is -0.0536. The number of carbonyl (C=O) groups excluding carboxylic acids is 1. The van der Waals surface area contributed by atoms with Crippen molar-refractivity contribution in [1.82, 2.24) is 4.90 Å². The number of nitrogens with zero attached hydrogens (tertiary/aromatic N) is 1. The monoisotopic (exact) mass is 397 g/mol. The fourth-order valence-electron chi connectivity index (χ4n) is 2.23. The van der Waals surface area contributed by atoms with Gasteiger partial charge in [0, 0.05) is 17.5 Å². The zero-order valence-corrected chi connectivity index (χ0v) is 16.1. The highest BCUT2D eigenvalue weighted by Crippen LogP contribution is 2.37. The second-order valence-electron chi connectivity index (χ2n) is 5.11. The van der Waals surface area contributed by atoms with E-state index >= 15 is 0 Å². The Labute approximate surface area is 149 Å². The van der Waals surface area contributed by atoms with Crippen LogP contribution in [-0.2, 0) is 6.54 Å². The van der Waals surface area contributed by atoms with Crippen LogP contribution in [0.15, 0.2) is 28.1 Å². The third kappa shape index (κ3) is 4.06. The molecule has 0 fully saturated rings. The van der Waals surface area contributed by atoms with Gasteiger partial charge in [0.15, 0.2) is 11.5 Å². The van der Waals surface area contributed by atoms with Crippen LogP contribution in [0.2, 0.25) is 0 Å². The van der Waals surface area contributed by atoms with Crippen molar-refractivity contribution in [1.29, 1.82) is 0 Å². The van der Waals surface area contributed by atoms with Gasteiger partial charge < -0.3 is 14.4 Å². The van der Waals surface area contributed by atoms with Gasteiger partial charge in [-0.2, -0.15) is 0 Å². The first-order chi connectivity index (χ1) is 11.0. The van der Waals surface area contributed by atoms with E-state index in [1.807, 2.05) is 12.3 Å². The van der Waals surface area contributed by atoms with Gasteiger partial charge in [-0.05, 0) is 58.9 Å². The third-order valence-electron chi connectivity index (χ3n) is 3.46. The fraction of sp³-hybridized carbons (Fsp3) is 0.353. The summed E-state index contributed by atoms with van der Waals surface area (Å²) in [5.41, 5.74) is 1.78. The number of rotatable bonds is 6. The van der Waals surface area contributed by atoms with Crippen LogP contribution in [0.4, 0.5) is 0 Å². The van der Waals surface area contributed by atoms with Crippen molar-refractivity contribution < 1.29 is 14.3 Å². The summed E-state index contributed by atoms with van der Waals surface area (Å²) in [7, 11) is 3.38. The van der Waals surface area contributed by atoms with Gasteiger partial charge in [-0.15, -0.1) is 11.3 Å². The SMILES string of the molecule is CCOc1cc(C(=O)N(C)Cc2sccc2C)cc(Br)c1OC. The molecule has 0 saturated carbocycles. The maximum absolute atomic E-state index is 12.7. The van der Waals surface area contributed by atoms with Crippen LogP contribution in [-0.4, -0.2) is 31.6 Å². The molecular weight excluding hydrogens is 378 g/mol. The number of carbonyl (C=O) groups is 1. The molecular formula is C17H20BrNO3S. The molecule has 0 aliphatic heterocycles. The van der Waals surface area contributed by atoms with E-state index in [2.05, 4.69) is 28.9 Å². The summed E-state index contributed by atoms with van der Waals surface area (Å²) < 4.78 is 11.6. The molecule has 0 aliphatic carbocycles. The largest absolute Gasteiger partial charge is 0.492 e. The van der Waals surface area contributed by atoms with Crippen molar-refractivity contribution in [2.75, 3.05) is 20.8 Å². The van der Waals surface area contributed by atoms with Crippen LogP contribution >= 0.6 is 27.3 Å². The molecule has 1 aromatic carbocycles. The maximum atomic E-state index is 12.7. The standard InChI is InChI=1S/C17H20BrNO3S/c1-5-22-14-9-12(8-13(18)16(14)21-4)17(20)19(3)10-15-11(2)6-7-23-15/h6-9H,5,10H2,1-4H3. The molecule has 0 bridgehead atoms. The van der Waals surface area contributed by atoms with Crippen LogP contribution < -0.4 is 9.47 Å². The highest BCUT2D eigenvalue weighted by Gasteiger charge is 2.18. The molecule has 2 rings (SSSR count). The molecule has 0 atom stereocenters. The van der Waals surface area contributed by atoms with E-state index in [9.17, 15) is 4.79 Å². The summed E-state index contributed by atoms with van der Waals surface area (Å²) in [6.07, 6.45) is 0. The third-order valence-corrected chi connectivity index (χ3v) is 5.05. The van der Waals surface area contributed by atoms with E-state index in [1.165, 1.54) is 10.4 Å². The minimum absolute atomic E-state index is 0.0536. The molecule has 1 aromatic heterocycles. The van der Waals surface area contributed by atoms with Gasteiger partial charge in [0.1, 0.15) is 0 Å². The van der Waals surface area contributed by atoms with Gasteiger partial charge in [0.2, 0.25) is 0 Å². The molecule has 0 spiro atoms. The number of halogens is 1. The zero-order chi connectivity index (χ0) is 17.0. The van der Waals surface area contributed by atoms with Crippen molar-refractivity contribution in [3.63, 3.8) is 0 Å². The number of benzene rings is 1. The number of ether oxygens (including phenoxy) is 2. The molecule has 0 unspecified atom stereocenters. The Balaban J connectivity index is 2.26. The predicted molar refractivity (Wildman–Crippen MR) is 96.7 cm³/mol. The highest BCUT2D eigenvalue weighted by atomic mass is 79.9. The summed E-state index contributed by atoms with van der Waals surface area (Å²) in [5, 5.41) is 2.04. The summed E-state index contributed by atoms with van der Waals surface area (Å²) >= 11 is 5.11. The Hall–Kier alpha value is -1.53. The summed E-state index contributed by atoms with van der Waals surface area (Å²) in [6, 6.07) is 5.56. The quantitative estimate of drug-likeness (QED) is 0.719. The van der Waals surface area contributed by atoms with Crippen LogP contribution in [0.3, 0.4) is 0 Å². The van der Waals surface area contributed by atoms with E-state index in [0.717, 1.165) is 0 Å². The summed E-state index contributed by atoms with van der Waals surface area (Å²) in [4.78, 5) is 15.6. The molecule has 0 saturated heterocycles. The molecule has 124 valence electrons. The normalized spacial score (nSPS) is 10.5. The van der Waals surface area contributed by atoms with Crippen LogP contribution in [0.5, 0.6) is 11.5 Å².